The number of carbonyl (C=O) groups excluding carboxylic acids is 1. The van der Waals surface area contributed by atoms with Crippen molar-refractivity contribution in [2.24, 2.45) is 5.73 Å². The molecule has 1 amide bonds. The zero-order valence-corrected chi connectivity index (χ0v) is 11.8. The summed E-state index contributed by atoms with van der Waals surface area (Å²) in [6.07, 6.45) is 0. The summed E-state index contributed by atoms with van der Waals surface area (Å²) in [6, 6.07) is 6.50. The quantitative estimate of drug-likeness (QED) is 0.855. The molecule has 0 aliphatic heterocycles. The van der Waals surface area contributed by atoms with E-state index in [1.54, 1.807) is 0 Å². The minimum Gasteiger partial charge on any atom is -0.347 e. The number of thiophene rings is 1. The van der Waals surface area contributed by atoms with Crippen LogP contribution in [-0.2, 0) is 6.54 Å². The van der Waals surface area contributed by atoms with Crippen LogP contribution in [0.4, 0.5) is 8.78 Å². The van der Waals surface area contributed by atoms with Crippen molar-refractivity contribution in [3.05, 3.63) is 57.3 Å². The molecule has 2 rings (SSSR count). The van der Waals surface area contributed by atoms with E-state index in [2.05, 4.69) is 17.2 Å². The highest BCUT2D eigenvalue weighted by atomic mass is 32.1. The summed E-state index contributed by atoms with van der Waals surface area (Å²) >= 11 is 1.42. The van der Waals surface area contributed by atoms with Gasteiger partial charge in [0.15, 0.2) is 0 Å². The zero-order valence-electron chi connectivity index (χ0n) is 11.0. The molecule has 1 heterocycles. The second kappa shape index (κ2) is 6.97. The van der Waals surface area contributed by atoms with E-state index in [1.165, 1.54) is 11.3 Å². The molecular weight excluding hydrogens is 294 g/mol. The largest absolute Gasteiger partial charge is 0.347 e. The van der Waals surface area contributed by atoms with Crippen LogP contribution in [0, 0.1) is 23.5 Å². The molecule has 0 saturated heterocycles. The molecule has 3 N–H and O–H groups in total. The second-order valence-electron chi connectivity index (χ2n) is 4.08. The Bertz CT molecular complexity index is 716. The maximum atomic E-state index is 13.4. The number of hydrogen-bond acceptors (Lipinski definition) is 3. The Morgan fingerprint density at radius 1 is 1.29 bits per heavy atom. The van der Waals surface area contributed by atoms with E-state index in [-0.39, 0.29) is 18.7 Å². The summed E-state index contributed by atoms with van der Waals surface area (Å²) in [5, 5.41) is 2.58. The third-order valence-corrected chi connectivity index (χ3v) is 3.57. The minimum atomic E-state index is -0.881. The lowest BCUT2D eigenvalue weighted by atomic mass is 10.2. The molecule has 0 radical (unpaired) electrons. The lowest BCUT2D eigenvalue weighted by Crippen LogP contribution is -2.23. The molecule has 0 unspecified atom stereocenters. The van der Waals surface area contributed by atoms with Gasteiger partial charge in [0.05, 0.1) is 23.5 Å². The van der Waals surface area contributed by atoms with Crippen LogP contribution in [0.5, 0.6) is 0 Å². The first-order valence-corrected chi connectivity index (χ1v) is 6.92. The van der Waals surface area contributed by atoms with Crippen molar-refractivity contribution in [1.29, 1.82) is 0 Å². The van der Waals surface area contributed by atoms with E-state index in [0.717, 1.165) is 21.9 Å². The number of hydrogen-bond donors (Lipinski definition) is 2. The van der Waals surface area contributed by atoms with Gasteiger partial charge in [0.25, 0.3) is 5.91 Å². The van der Waals surface area contributed by atoms with E-state index < -0.39 is 17.5 Å². The van der Waals surface area contributed by atoms with Crippen LogP contribution >= 0.6 is 11.3 Å². The van der Waals surface area contributed by atoms with E-state index >= 15 is 0 Å². The Hall–Kier alpha value is -2.23. The predicted molar refractivity (Wildman–Crippen MR) is 77.8 cm³/mol. The summed E-state index contributed by atoms with van der Waals surface area (Å²) in [5.74, 6) is 3.44. The van der Waals surface area contributed by atoms with Crippen molar-refractivity contribution >= 4 is 17.2 Å². The van der Waals surface area contributed by atoms with Crippen LogP contribution in [-0.4, -0.2) is 12.5 Å². The lowest BCUT2D eigenvalue weighted by Gasteiger charge is -2.04. The molecule has 0 aliphatic rings. The molecule has 1 aromatic heterocycles. The monoisotopic (exact) mass is 306 g/mol. The Morgan fingerprint density at radius 3 is 2.81 bits per heavy atom. The Morgan fingerprint density at radius 2 is 2.10 bits per heavy atom. The van der Waals surface area contributed by atoms with Crippen molar-refractivity contribution in [2.45, 2.75) is 6.54 Å². The van der Waals surface area contributed by atoms with Gasteiger partial charge < -0.3 is 11.1 Å². The number of benzene rings is 1. The first kappa shape index (κ1) is 15.2. The maximum Gasteiger partial charge on any atom is 0.254 e. The van der Waals surface area contributed by atoms with Gasteiger partial charge in [-0.2, -0.15) is 0 Å². The average molecular weight is 306 g/mol. The number of amides is 1. The zero-order chi connectivity index (χ0) is 15.2. The second-order valence-corrected chi connectivity index (χ2v) is 5.25. The smallest absolute Gasteiger partial charge is 0.254 e. The van der Waals surface area contributed by atoms with Crippen molar-refractivity contribution in [3.63, 3.8) is 0 Å². The van der Waals surface area contributed by atoms with Gasteiger partial charge in [-0.1, -0.05) is 11.8 Å². The van der Waals surface area contributed by atoms with Crippen molar-refractivity contribution in [2.75, 3.05) is 6.54 Å². The van der Waals surface area contributed by atoms with Gasteiger partial charge in [-0.25, -0.2) is 8.78 Å². The molecule has 1 aromatic carbocycles. The molecule has 21 heavy (non-hydrogen) atoms. The number of nitrogens with two attached hydrogens (primary N) is 1. The topological polar surface area (TPSA) is 55.1 Å². The Labute approximate surface area is 124 Å². The average Bonchev–Trinajstić information content (AvgIpc) is 2.90. The van der Waals surface area contributed by atoms with E-state index in [1.807, 2.05) is 12.1 Å². The number of nitrogens with one attached hydrogen (secondary N) is 1. The van der Waals surface area contributed by atoms with Gasteiger partial charge in [-0.05, 0) is 24.3 Å². The molecule has 0 atom stereocenters. The number of halogens is 2. The Kier molecular flexibility index (Phi) is 5.04. The standard InChI is InChI=1S/C15H12F2N2OS/c16-10-3-6-13(14(17)8-10)15(20)19-9-12-5-4-11(21-12)2-1-7-18/h3-6,8H,7,9,18H2,(H,19,20). The molecular formula is C15H12F2N2OS. The molecule has 0 aliphatic carbocycles. The van der Waals surface area contributed by atoms with Gasteiger partial charge in [-0.15, -0.1) is 11.3 Å². The minimum absolute atomic E-state index is 0.184. The van der Waals surface area contributed by atoms with Gasteiger partial charge in [0.2, 0.25) is 0 Å². The van der Waals surface area contributed by atoms with E-state index in [9.17, 15) is 13.6 Å². The third kappa shape index (κ3) is 4.12. The van der Waals surface area contributed by atoms with Crippen LogP contribution in [0.3, 0.4) is 0 Å². The van der Waals surface area contributed by atoms with Gasteiger partial charge in [-0.3, -0.25) is 4.79 Å². The van der Waals surface area contributed by atoms with Gasteiger partial charge in [0, 0.05) is 10.9 Å². The van der Waals surface area contributed by atoms with Crippen LogP contribution in [0.2, 0.25) is 0 Å². The fourth-order valence-corrected chi connectivity index (χ4v) is 2.44. The van der Waals surface area contributed by atoms with Crippen LogP contribution in [0.15, 0.2) is 30.3 Å². The first-order chi connectivity index (χ1) is 10.1. The van der Waals surface area contributed by atoms with Crippen molar-refractivity contribution in [1.82, 2.24) is 5.32 Å². The van der Waals surface area contributed by atoms with Gasteiger partial charge in [0.1, 0.15) is 11.6 Å². The fraction of sp³-hybridized carbons (Fsp3) is 0.133. The summed E-state index contributed by atoms with van der Waals surface area (Å²) in [5.41, 5.74) is 5.10. The molecule has 3 nitrogen and oxygen atoms in total. The SMILES string of the molecule is NCC#Cc1ccc(CNC(=O)c2ccc(F)cc2F)s1. The van der Waals surface area contributed by atoms with Crippen LogP contribution < -0.4 is 11.1 Å². The van der Waals surface area contributed by atoms with Crippen LogP contribution in [0.1, 0.15) is 20.1 Å². The highest BCUT2D eigenvalue weighted by molar-refractivity contribution is 7.12. The highest BCUT2D eigenvalue weighted by Gasteiger charge is 2.12. The molecule has 0 bridgehead atoms. The molecule has 2 aromatic rings. The van der Waals surface area contributed by atoms with E-state index in [0.29, 0.717) is 6.07 Å². The van der Waals surface area contributed by atoms with Crippen molar-refractivity contribution < 1.29 is 13.6 Å². The molecule has 0 saturated carbocycles. The lowest BCUT2D eigenvalue weighted by molar-refractivity contribution is 0.0947. The summed E-state index contributed by atoms with van der Waals surface area (Å²) in [4.78, 5) is 13.5. The third-order valence-electron chi connectivity index (χ3n) is 2.57. The molecule has 0 spiro atoms. The first-order valence-electron chi connectivity index (χ1n) is 6.11. The van der Waals surface area contributed by atoms with Crippen LogP contribution in [0.25, 0.3) is 0 Å². The normalized spacial score (nSPS) is 9.86. The Balaban J connectivity index is 1.99. The maximum absolute atomic E-state index is 13.4. The predicted octanol–water partition coefficient (Wildman–Crippen LogP) is 2.27. The molecule has 108 valence electrons. The summed E-state index contributed by atoms with van der Waals surface area (Å²) in [6.45, 7) is 0.540. The molecule has 0 fully saturated rings. The summed E-state index contributed by atoms with van der Waals surface area (Å²) < 4.78 is 26.2. The summed E-state index contributed by atoms with van der Waals surface area (Å²) in [7, 11) is 0. The fourth-order valence-electron chi connectivity index (χ4n) is 1.61. The molecule has 6 heteroatoms. The van der Waals surface area contributed by atoms with Crippen molar-refractivity contribution in [3.8, 4) is 11.8 Å². The number of carbonyl (C=O) groups is 1. The number of rotatable bonds is 3. The highest BCUT2D eigenvalue weighted by Crippen LogP contribution is 2.15. The van der Waals surface area contributed by atoms with Gasteiger partial charge >= 0.3 is 0 Å². The van der Waals surface area contributed by atoms with E-state index in [4.69, 9.17) is 5.73 Å².